The first-order chi connectivity index (χ1) is 8.82. The van der Waals surface area contributed by atoms with E-state index in [9.17, 15) is 18.0 Å². The van der Waals surface area contributed by atoms with E-state index in [4.69, 9.17) is 4.42 Å². The van der Waals surface area contributed by atoms with Gasteiger partial charge < -0.3 is 4.42 Å². The summed E-state index contributed by atoms with van der Waals surface area (Å²) in [6.45, 7) is 0. The van der Waals surface area contributed by atoms with Crippen molar-refractivity contribution in [3.63, 3.8) is 0 Å². The highest BCUT2D eigenvalue weighted by Crippen LogP contribution is 2.41. The van der Waals surface area contributed by atoms with Gasteiger partial charge in [-0.3, -0.25) is 4.79 Å². The van der Waals surface area contributed by atoms with E-state index in [0.717, 1.165) is 12.1 Å². The van der Waals surface area contributed by atoms with Crippen LogP contribution in [0.1, 0.15) is 16.1 Å². The number of furan rings is 1. The second-order valence-corrected chi connectivity index (χ2v) is 5.34. The molecule has 2 aromatic rings. The predicted octanol–water partition coefficient (Wildman–Crippen LogP) is 5.30. The maximum absolute atomic E-state index is 12.6. The Labute approximate surface area is 122 Å². The number of carbonyl (C=O) groups is 1. The van der Waals surface area contributed by atoms with Gasteiger partial charge in [0.05, 0.1) is 5.56 Å². The van der Waals surface area contributed by atoms with Crippen LogP contribution in [0.15, 0.2) is 37.6 Å². The number of hydrogen-bond acceptors (Lipinski definition) is 2. The summed E-state index contributed by atoms with van der Waals surface area (Å²) in [6.07, 6.45) is -3.91. The molecule has 0 amide bonds. The fourth-order valence-corrected chi connectivity index (χ4v) is 3.10. The first-order valence-corrected chi connectivity index (χ1v) is 6.53. The van der Waals surface area contributed by atoms with Crippen LogP contribution in [0.5, 0.6) is 0 Å². The van der Waals surface area contributed by atoms with E-state index in [0.29, 0.717) is 17.6 Å². The van der Waals surface area contributed by atoms with Crippen molar-refractivity contribution >= 4 is 38.1 Å². The second-order valence-electron chi connectivity index (χ2n) is 3.63. The van der Waals surface area contributed by atoms with Gasteiger partial charge in [-0.15, -0.1) is 0 Å². The van der Waals surface area contributed by atoms with Crippen LogP contribution in [0.4, 0.5) is 13.2 Å². The molecule has 0 atom stereocenters. The van der Waals surface area contributed by atoms with E-state index in [1.807, 2.05) is 0 Å². The average molecular weight is 398 g/mol. The minimum Gasteiger partial charge on any atom is -0.453 e. The minimum atomic E-state index is -4.43. The van der Waals surface area contributed by atoms with Crippen LogP contribution in [0.25, 0.3) is 11.3 Å². The van der Waals surface area contributed by atoms with Crippen molar-refractivity contribution in [1.82, 2.24) is 0 Å². The van der Waals surface area contributed by atoms with Gasteiger partial charge in [-0.25, -0.2) is 0 Å². The molecule has 1 aromatic carbocycles. The lowest BCUT2D eigenvalue weighted by Crippen LogP contribution is -2.05. The summed E-state index contributed by atoms with van der Waals surface area (Å²) in [6, 6.07) is 4.88. The summed E-state index contributed by atoms with van der Waals surface area (Å²) in [5.74, 6) is 0.406. The number of alkyl halides is 3. The third kappa shape index (κ3) is 2.92. The predicted molar refractivity (Wildman–Crippen MR) is 69.9 cm³/mol. The number of halogens is 5. The summed E-state index contributed by atoms with van der Waals surface area (Å²) in [5.41, 5.74) is -0.363. The molecule has 100 valence electrons. The van der Waals surface area contributed by atoms with Gasteiger partial charge in [0.1, 0.15) is 5.76 Å². The third-order valence-corrected chi connectivity index (χ3v) is 3.61. The smallest absolute Gasteiger partial charge is 0.416 e. The van der Waals surface area contributed by atoms with E-state index < -0.39 is 11.7 Å². The minimum absolute atomic E-state index is 0.105. The molecule has 0 aliphatic rings. The topological polar surface area (TPSA) is 30.2 Å². The zero-order chi connectivity index (χ0) is 14.2. The Kier molecular flexibility index (Phi) is 3.87. The largest absolute Gasteiger partial charge is 0.453 e. The molecular formula is C12H5Br2F3O2. The van der Waals surface area contributed by atoms with Gasteiger partial charge in [-0.05, 0) is 56.1 Å². The summed E-state index contributed by atoms with van der Waals surface area (Å²) in [7, 11) is 0. The molecule has 0 bridgehead atoms. The quantitative estimate of drug-likeness (QED) is 0.643. The SMILES string of the molecule is O=Cc1ccc(-c2c(Br)cc(C(F)(F)F)cc2Br)o1. The van der Waals surface area contributed by atoms with Gasteiger partial charge in [-0.2, -0.15) is 13.2 Å². The summed E-state index contributed by atoms with van der Waals surface area (Å²) in [5, 5.41) is 0. The Bertz CT molecular complexity index is 609. The number of rotatable bonds is 2. The van der Waals surface area contributed by atoms with Gasteiger partial charge in [0.15, 0.2) is 12.0 Å². The fraction of sp³-hybridized carbons (Fsp3) is 0.0833. The Morgan fingerprint density at radius 2 is 1.68 bits per heavy atom. The van der Waals surface area contributed by atoms with Crippen LogP contribution < -0.4 is 0 Å². The van der Waals surface area contributed by atoms with Crippen LogP contribution in [0, 0.1) is 0 Å². The highest BCUT2D eigenvalue weighted by atomic mass is 79.9. The zero-order valence-corrected chi connectivity index (χ0v) is 12.3. The maximum atomic E-state index is 12.6. The van der Waals surface area contributed by atoms with Crippen molar-refractivity contribution in [3.8, 4) is 11.3 Å². The average Bonchev–Trinajstić information content (AvgIpc) is 2.75. The van der Waals surface area contributed by atoms with Crippen molar-refractivity contribution in [2.45, 2.75) is 6.18 Å². The standard InChI is InChI=1S/C12H5Br2F3O2/c13-8-3-6(12(15,16)17)4-9(14)11(8)10-2-1-7(5-18)19-10/h1-5H. The monoisotopic (exact) mass is 396 g/mol. The summed E-state index contributed by atoms with van der Waals surface area (Å²) >= 11 is 6.16. The van der Waals surface area contributed by atoms with Gasteiger partial charge in [-0.1, -0.05) is 0 Å². The molecule has 0 unspecified atom stereocenters. The highest BCUT2D eigenvalue weighted by molar-refractivity contribution is 9.11. The molecule has 1 heterocycles. The molecule has 0 radical (unpaired) electrons. The van der Waals surface area contributed by atoms with Gasteiger partial charge in [0.2, 0.25) is 0 Å². The lowest BCUT2D eigenvalue weighted by atomic mass is 10.1. The van der Waals surface area contributed by atoms with Gasteiger partial charge in [0, 0.05) is 14.5 Å². The first kappa shape index (κ1) is 14.3. The molecule has 7 heteroatoms. The maximum Gasteiger partial charge on any atom is 0.416 e. The van der Waals surface area contributed by atoms with Crippen LogP contribution in [0.3, 0.4) is 0 Å². The molecule has 1 aromatic heterocycles. The molecule has 0 N–H and O–H groups in total. The Morgan fingerprint density at radius 3 is 2.11 bits per heavy atom. The zero-order valence-electron chi connectivity index (χ0n) is 9.09. The lowest BCUT2D eigenvalue weighted by molar-refractivity contribution is -0.137. The van der Waals surface area contributed by atoms with E-state index in [-0.39, 0.29) is 14.7 Å². The molecule has 0 aliphatic carbocycles. The number of carbonyl (C=O) groups excluding carboxylic acids is 1. The molecule has 0 saturated carbocycles. The van der Waals surface area contributed by atoms with E-state index >= 15 is 0 Å². The lowest BCUT2D eigenvalue weighted by Gasteiger charge is -2.11. The van der Waals surface area contributed by atoms with Crippen LogP contribution in [-0.4, -0.2) is 6.29 Å². The van der Waals surface area contributed by atoms with Crippen molar-refractivity contribution < 1.29 is 22.4 Å². The number of aldehydes is 1. The van der Waals surface area contributed by atoms with E-state index in [2.05, 4.69) is 31.9 Å². The van der Waals surface area contributed by atoms with Crippen molar-refractivity contribution in [3.05, 3.63) is 44.5 Å². The molecule has 0 aliphatic heterocycles. The van der Waals surface area contributed by atoms with Crippen molar-refractivity contribution in [2.24, 2.45) is 0 Å². The fourth-order valence-electron chi connectivity index (χ4n) is 1.52. The van der Waals surface area contributed by atoms with Crippen molar-refractivity contribution in [2.75, 3.05) is 0 Å². The van der Waals surface area contributed by atoms with Gasteiger partial charge >= 0.3 is 6.18 Å². The van der Waals surface area contributed by atoms with E-state index in [1.54, 1.807) is 0 Å². The van der Waals surface area contributed by atoms with Crippen LogP contribution in [-0.2, 0) is 6.18 Å². The molecule has 0 saturated heterocycles. The summed E-state index contributed by atoms with van der Waals surface area (Å²) in [4.78, 5) is 10.5. The first-order valence-electron chi connectivity index (χ1n) is 4.94. The van der Waals surface area contributed by atoms with Crippen molar-refractivity contribution in [1.29, 1.82) is 0 Å². The van der Waals surface area contributed by atoms with E-state index in [1.165, 1.54) is 12.1 Å². The highest BCUT2D eigenvalue weighted by Gasteiger charge is 2.32. The molecule has 0 spiro atoms. The third-order valence-electron chi connectivity index (χ3n) is 2.36. The normalized spacial score (nSPS) is 11.6. The number of benzene rings is 1. The van der Waals surface area contributed by atoms with Crippen LogP contribution >= 0.6 is 31.9 Å². The van der Waals surface area contributed by atoms with Gasteiger partial charge in [0.25, 0.3) is 0 Å². The van der Waals surface area contributed by atoms with Crippen LogP contribution in [0.2, 0.25) is 0 Å². The molecule has 2 nitrogen and oxygen atoms in total. The molecule has 19 heavy (non-hydrogen) atoms. The molecule has 0 fully saturated rings. The molecule has 2 rings (SSSR count). The second kappa shape index (κ2) is 5.13. The Morgan fingerprint density at radius 1 is 1.11 bits per heavy atom. The Hall–Kier alpha value is -1.08. The number of hydrogen-bond donors (Lipinski definition) is 0. The molecular weight excluding hydrogens is 393 g/mol. The Balaban J connectivity index is 2.56. The summed E-state index contributed by atoms with van der Waals surface area (Å²) < 4.78 is 43.5.